The van der Waals surface area contributed by atoms with E-state index in [9.17, 15) is 24.0 Å². The van der Waals surface area contributed by atoms with Gasteiger partial charge in [-0.25, -0.2) is 0 Å². The molecule has 0 atom stereocenters. The van der Waals surface area contributed by atoms with E-state index in [1.54, 1.807) is 0 Å². The van der Waals surface area contributed by atoms with E-state index < -0.39 is 46.9 Å². The van der Waals surface area contributed by atoms with Crippen molar-refractivity contribution in [2.24, 2.45) is 10.8 Å². The molecular formula is C10H8O9. The van der Waals surface area contributed by atoms with Crippen molar-refractivity contribution in [3.8, 4) is 0 Å². The van der Waals surface area contributed by atoms with E-state index in [0.29, 0.717) is 12.2 Å². The zero-order chi connectivity index (χ0) is 15.0. The first kappa shape index (κ1) is 14.4. The van der Waals surface area contributed by atoms with Gasteiger partial charge < -0.3 is 20.4 Å². The number of carbonyl (C=O) groups excluding carboxylic acids is 1. The van der Waals surface area contributed by atoms with Crippen LogP contribution >= 0.6 is 0 Å². The summed E-state index contributed by atoms with van der Waals surface area (Å²) < 4.78 is 0. The Morgan fingerprint density at radius 1 is 0.895 bits per heavy atom. The van der Waals surface area contributed by atoms with Gasteiger partial charge in [-0.05, 0) is 6.08 Å². The molecule has 19 heavy (non-hydrogen) atoms. The van der Waals surface area contributed by atoms with Crippen molar-refractivity contribution in [2.75, 3.05) is 0 Å². The van der Waals surface area contributed by atoms with Crippen molar-refractivity contribution < 1.29 is 44.4 Å². The Labute approximate surface area is 104 Å². The Hall–Kier alpha value is -2.71. The van der Waals surface area contributed by atoms with E-state index >= 15 is 0 Å². The topological polar surface area (TPSA) is 166 Å². The van der Waals surface area contributed by atoms with Gasteiger partial charge >= 0.3 is 23.9 Å². The fraction of sp³-hybridized carbons (Fsp3) is 0.300. The average molecular weight is 272 g/mol. The van der Waals surface area contributed by atoms with Crippen LogP contribution in [0.25, 0.3) is 0 Å². The lowest BCUT2D eigenvalue weighted by Crippen LogP contribution is -2.62. The van der Waals surface area contributed by atoms with E-state index in [1.807, 2.05) is 0 Å². The lowest BCUT2D eigenvalue weighted by atomic mass is 9.58. The van der Waals surface area contributed by atoms with Gasteiger partial charge in [-0.1, -0.05) is 6.08 Å². The molecule has 102 valence electrons. The molecule has 0 aromatic carbocycles. The molecule has 0 bridgehead atoms. The summed E-state index contributed by atoms with van der Waals surface area (Å²) in [6.45, 7) is 0. The number of allylic oxidation sites excluding steroid dienone is 1. The van der Waals surface area contributed by atoms with E-state index in [2.05, 4.69) is 0 Å². The monoisotopic (exact) mass is 272 g/mol. The molecule has 1 rings (SSSR count). The van der Waals surface area contributed by atoms with Crippen molar-refractivity contribution in [2.45, 2.75) is 6.42 Å². The molecule has 0 aromatic rings. The maximum absolute atomic E-state index is 11.2. The molecule has 0 heterocycles. The van der Waals surface area contributed by atoms with Crippen molar-refractivity contribution in [3.63, 3.8) is 0 Å². The van der Waals surface area contributed by atoms with E-state index in [1.165, 1.54) is 0 Å². The van der Waals surface area contributed by atoms with Crippen LogP contribution in [0.3, 0.4) is 0 Å². The van der Waals surface area contributed by atoms with E-state index in [-0.39, 0.29) is 0 Å². The molecule has 9 heteroatoms. The molecule has 0 aromatic heterocycles. The molecular weight excluding hydrogens is 264 g/mol. The molecule has 1 aliphatic carbocycles. The second-order valence-electron chi connectivity index (χ2n) is 3.91. The van der Waals surface area contributed by atoms with Gasteiger partial charge in [0.1, 0.15) is 0 Å². The van der Waals surface area contributed by atoms with Gasteiger partial charge in [0.15, 0.2) is 5.78 Å². The number of hydrogen-bond donors (Lipinski definition) is 4. The third-order valence-electron chi connectivity index (χ3n) is 3.04. The summed E-state index contributed by atoms with van der Waals surface area (Å²) in [5.74, 6) is -9.74. The molecule has 4 N–H and O–H groups in total. The highest BCUT2D eigenvalue weighted by molar-refractivity contribution is 6.18. The zero-order valence-electron chi connectivity index (χ0n) is 9.19. The first-order valence-corrected chi connectivity index (χ1v) is 4.78. The quantitative estimate of drug-likeness (QED) is 0.461. The highest BCUT2D eigenvalue weighted by Crippen LogP contribution is 2.48. The predicted molar refractivity (Wildman–Crippen MR) is 54.2 cm³/mol. The van der Waals surface area contributed by atoms with E-state index in [4.69, 9.17) is 20.4 Å². The van der Waals surface area contributed by atoms with Crippen LogP contribution in [0.4, 0.5) is 0 Å². The minimum atomic E-state index is -3.30. The lowest BCUT2D eigenvalue weighted by Gasteiger charge is -2.38. The minimum Gasteiger partial charge on any atom is -0.480 e. The van der Waals surface area contributed by atoms with Gasteiger partial charge in [-0.3, -0.25) is 24.0 Å². The smallest absolute Gasteiger partial charge is 0.326 e. The highest BCUT2D eigenvalue weighted by Gasteiger charge is 2.72. The van der Waals surface area contributed by atoms with Crippen LogP contribution in [-0.2, 0) is 24.0 Å². The SMILES string of the molecule is O=C1C=CC(C(=O)O)(C(=O)O)C(C(=O)O)(C(=O)O)C1. The summed E-state index contributed by atoms with van der Waals surface area (Å²) in [5.41, 5.74) is -6.55. The Bertz CT molecular complexity index is 499. The summed E-state index contributed by atoms with van der Waals surface area (Å²) in [6, 6.07) is 0. The Balaban J connectivity index is 3.82. The van der Waals surface area contributed by atoms with Gasteiger partial charge in [0.25, 0.3) is 0 Å². The Morgan fingerprint density at radius 2 is 1.32 bits per heavy atom. The van der Waals surface area contributed by atoms with Crippen LogP contribution in [-0.4, -0.2) is 50.1 Å². The number of carboxylic acid groups (broad SMARTS) is 4. The molecule has 0 amide bonds. The van der Waals surface area contributed by atoms with E-state index in [0.717, 1.165) is 0 Å². The first-order chi connectivity index (χ1) is 8.62. The lowest BCUT2D eigenvalue weighted by molar-refractivity contribution is -0.192. The molecule has 0 saturated heterocycles. The van der Waals surface area contributed by atoms with Crippen molar-refractivity contribution in [1.29, 1.82) is 0 Å². The molecule has 0 unspecified atom stereocenters. The summed E-state index contributed by atoms with van der Waals surface area (Å²) in [6.07, 6.45) is -0.398. The number of carboxylic acids is 4. The largest absolute Gasteiger partial charge is 0.480 e. The van der Waals surface area contributed by atoms with Gasteiger partial charge in [0.2, 0.25) is 10.8 Å². The third kappa shape index (κ3) is 1.58. The maximum atomic E-state index is 11.2. The van der Waals surface area contributed by atoms with Crippen LogP contribution < -0.4 is 0 Å². The molecule has 0 aliphatic heterocycles. The third-order valence-corrected chi connectivity index (χ3v) is 3.04. The molecule has 9 nitrogen and oxygen atoms in total. The molecule has 0 radical (unpaired) electrons. The summed E-state index contributed by atoms with van der Waals surface area (Å²) in [5, 5.41) is 36.1. The number of hydrogen-bond acceptors (Lipinski definition) is 5. The van der Waals surface area contributed by atoms with Crippen LogP contribution in [0.15, 0.2) is 12.2 Å². The van der Waals surface area contributed by atoms with Crippen LogP contribution in [0, 0.1) is 10.8 Å². The van der Waals surface area contributed by atoms with Gasteiger partial charge in [0, 0.05) is 6.42 Å². The van der Waals surface area contributed by atoms with Crippen molar-refractivity contribution in [3.05, 3.63) is 12.2 Å². The number of aliphatic carboxylic acids is 4. The second-order valence-corrected chi connectivity index (χ2v) is 3.91. The summed E-state index contributed by atoms with van der Waals surface area (Å²) >= 11 is 0. The molecule has 1 aliphatic rings. The fourth-order valence-corrected chi connectivity index (χ4v) is 2.00. The second kappa shape index (κ2) is 4.19. The molecule has 0 fully saturated rings. The molecule has 0 spiro atoms. The standard InChI is InChI=1S/C10H8O9/c11-4-1-2-9(5(12)13,6(14)15)10(3-4,7(16)17)8(18)19/h1-2H,3H2,(H,12,13)(H,14,15)(H,16,17)(H,18,19). The van der Waals surface area contributed by atoms with Gasteiger partial charge in [0.05, 0.1) is 0 Å². The zero-order valence-corrected chi connectivity index (χ0v) is 9.19. The average Bonchev–Trinajstić information content (AvgIpc) is 2.26. The first-order valence-electron chi connectivity index (χ1n) is 4.78. The van der Waals surface area contributed by atoms with Gasteiger partial charge in [-0.15, -0.1) is 0 Å². The van der Waals surface area contributed by atoms with Crippen LogP contribution in [0.5, 0.6) is 0 Å². The number of rotatable bonds is 4. The Morgan fingerprint density at radius 3 is 1.63 bits per heavy atom. The number of carbonyl (C=O) groups is 5. The van der Waals surface area contributed by atoms with Crippen LogP contribution in [0.1, 0.15) is 6.42 Å². The summed E-state index contributed by atoms with van der Waals surface area (Å²) in [4.78, 5) is 56.0. The highest BCUT2D eigenvalue weighted by atomic mass is 16.4. The van der Waals surface area contributed by atoms with Crippen molar-refractivity contribution in [1.82, 2.24) is 0 Å². The molecule has 0 saturated carbocycles. The van der Waals surface area contributed by atoms with Crippen molar-refractivity contribution >= 4 is 29.7 Å². The fourth-order valence-electron chi connectivity index (χ4n) is 2.00. The Kier molecular flexibility index (Phi) is 3.17. The number of ketones is 1. The maximum Gasteiger partial charge on any atom is 0.326 e. The van der Waals surface area contributed by atoms with Crippen LogP contribution in [0.2, 0.25) is 0 Å². The normalized spacial score (nSPS) is 19.7. The predicted octanol–water partition coefficient (Wildman–Crippen LogP) is -1.17. The minimum absolute atomic E-state index is 0.297. The van der Waals surface area contributed by atoms with Gasteiger partial charge in [-0.2, -0.15) is 0 Å². The summed E-state index contributed by atoms with van der Waals surface area (Å²) in [7, 11) is 0.